The number of rotatable bonds is 4. The summed E-state index contributed by atoms with van der Waals surface area (Å²) in [5.41, 5.74) is 0.0783. The first-order valence-electron chi connectivity index (χ1n) is 9.60. The Morgan fingerprint density at radius 3 is 2.96 bits per heavy atom. The Labute approximate surface area is 157 Å². The van der Waals surface area contributed by atoms with Crippen LogP contribution < -0.4 is 5.32 Å². The van der Waals surface area contributed by atoms with Crippen LogP contribution in [-0.2, 0) is 4.74 Å². The first-order valence-corrected chi connectivity index (χ1v) is 10.8. The molecule has 4 atom stereocenters. The van der Waals surface area contributed by atoms with E-state index in [-0.39, 0.29) is 11.5 Å². The molecule has 4 heterocycles. The van der Waals surface area contributed by atoms with Gasteiger partial charge in [0.25, 0.3) is 5.91 Å². The van der Waals surface area contributed by atoms with E-state index in [2.05, 4.69) is 10.2 Å². The summed E-state index contributed by atoms with van der Waals surface area (Å²) in [5, 5.41) is 3.15. The number of halogens is 1. The Morgan fingerprint density at radius 2 is 2.20 bits per heavy atom. The second kappa shape index (κ2) is 6.22. The van der Waals surface area contributed by atoms with Gasteiger partial charge in [0.1, 0.15) is 0 Å². The smallest absolute Gasteiger partial charge is 0.261 e. The molecule has 6 heteroatoms. The summed E-state index contributed by atoms with van der Waals surface area (Å²) in [7, 11) is 0. The van der Waals surface area contributed by atoms with Crippen molar-refractivity contribution in [3.8, 4) is 0 Å². The van der Waals surface area contributed by atoms with Gasteiger partial charge in [0, 0.05) is 37.5 Å². The van der Waals surface area contributed by atoms with Crippen molar-refractivity contribution in [3.63, 3.8) is 0 Å². The van der Waals surface area contributed by atoms with Gasteiger partial charge in [-0.05, 0) is 37.8 Å². The SMILES string of the molecule is O=C(NC[C@H]1[C@H]2CN(C3CCCC3)C[C@]23CC[C@H]1O3)c1ccc(Cl)s1. The van der Waals surface area contributed by atoms with E-state index in [1.165, 1.54) is 43.4 Å². The van der Waals surface area contributed by atoms with Gasteiger partial charge in [0.2, 0.25) is 0 Å². The zero-order valence-corrected chi connectivity index (χ0v) is 16.0. The molecule has 4 fully saturated rings. The zero-order chi connectivity index (χ0) is 17.0. The predicted octanol–water partition coefficient (Wildman–Crippen LogP) is 3.55. The van der Waals surface area contributed by atoms with E-state index in [0.29, 0.717) is 27.2 Å². The number of nitrogens with zero attached hydrogens (tertiary/aromatic N) is 1. The highest BCUT2D eigenvalue weighted by Crippen LogP contribution is 2.55. The van der Waals surface area contributed by atoms with Crippen LogP contribution in [0.5, 0.6) is 0 Å². The molecule has 1 saturated carbocycles. The molecular formula is C19H25ClN2O2S. The van der Waals surface area contributed by atoms with E-state index in [1.807, 2.05) is 0 Å². The van der Waals surface area contributed by atoms with Crippen molar-refractivity contribution in [2.24, 2.45) is 11.8 Å². The highest BCUT2D eigenvalue weighted by Gasteiger charge is 2.63. The fourth-order valence-corrected chi connectivity index (χ4v) is 6.74. The molecule has 25 heavy (non-hydrogen) atoms. The van der Waals surface area contributed by atoms with E-state index in [9.17, 15) is 4.79 Å². The van der Waals surface area contributed by atoms with E-state index in [0.717, 1.165) is 32.1 Å². The molecule has 3 saturated heterocycles. The van der Waals surface area contributed by atoms with E-state index in [4.69, 9.17) is 16.3 Å². The van der Waals surface area contributed by atoms with Crippen LogP contribution in [0.25, 0.3) is 0 Å². The van der Waals surface area contributed by atoms with Crippen molar-refractivity contribution < 1.29 is 9.53 Å². The number of carbonyl (C=O) groups is 1. The zero-order valence-electron chi connectivity index (χ0n) is 14.4. The number of ether oxygens (including phenoxy) is 1. The number of hydrogen-bond donors (Lipinski definition) is 1. The summed E-state index contributed by atoms with van der Waals surface area (Å²) in [6.07, 6.45) is 8.16. The van der Waals surface area contributed by atoms with E-state index in [1.54, 1.807) is 12.1 Å². The maximum Gasteiger partial charge on any atom is 0.261 e. The number of amides is 1. The minimum Gasteiger partial charge on any atom is -0.370 e. The Kier molecular flexibility index (Phi) is 4.12. The molecule has 1 N–H and O–H groups in total. The number of thiophene rings is 1. The lowest BCUT2D eigenvalue weighted by atomic mass is 9.73. The van der Waals surface area contributed by atoms with Gasteiger partial charge in [-0.15, -0.1) is 11.3 Å². The minimum atomic E-state index is -0.000584. The van der Waals surface area contributed by atoms with Gasteiger partial charge in [0.05, 0.1) is 20.9 Å². The Hall–Kier alpha value is -0.620. The summed E-state index contributed by atoms with van der Waals surface area (Å²) in [6.45, 7) is 3.00. The number of carbonyl (C=O) groups excluding carboxylic acids is 1. The molecule has 4 nitrogen and oxygen atoms in total. The fourth-order valence-electron chi connectivity index (χ4n) is 5.78. The number of nitrogens with one attached hydrogen (secondary N) is 1. The monoisotopic (exact) mass is 380 g/mol. The Morgan fingerprint density at radius 1 is 1.36 bits per heavy atom. The third-order valence-electron chi connectivity index (χ3n) is 6.95. The van der Waals surface area contributed by atoms with Crippen molar-refractivity contribution in [2.75, 3.05) is 19.6 Å². The van der Waals surface area contributed by atoms with Crippen LogP contribution in [0.15, 0.2) is 12.1 Å². The van der Waals surface area contributed by atoms with Crippen molar-refractivity contribution in [3.05, 3.63) is 21.3 Å². The highest BCUT2D eigenvalue weighted by molar-refractivity contribution is 7.17. The van der Waals surface area contributed by atoms with Crippen molar-refractivity contribution in [2.45, 2.75) is 56.3 Å². The van der Waals surface area contributed by atoms with Crippen LogP contribution in [0, 0.1) is 11.8 Å². The fraction of sp³-hybridized carbons (Fsp3) is 0.737. The molecule has 1 aliphatic carbocycles. The first kappa shape index (κ1) is 16.5. The van der Waals surface area contributed by atoms with Crippen molar-refractivity contribution in [1.29, 1.82) is 0 Å². The maximum absolute atomic E-state index is 12.4. The predicted molar refractivity (Wildman–Crippen MR) is 99.3 cm³/mol. The summed E-state index contributed by atoms with van der Waals surface area (Å²) in [4.78, 5) is 15.8. The van der Waals surface area contributed by atoms with Gasteiger partial charge in [-0.2, -0.15) is 0 Å². The summed E-state index contributed by atoms with van der Waals surface area (Å²) < 4.78 is 7.18. The number of fused-ring (bicyclic) bond motifs is 1. The lowest BCUT2D eigenvalue weighted by molar-refractivity contribution is -0.000873. The summed E-state index contributed by atoms with van der Waals surface area (Å²) >= 11 is 7.29. The molecule has 0 unspecified atom stereocenters. The second-order valence-corrected chi connectivity index (χ2v) is 9.93. The van der Waals surface area contributed by atoms with Crippen molar-refractivity contribution in [1.82, 2.24) is 10.2 Å². The molecule has 4 aliphatic rings. The average Bonchev–Trinajstić information content (AvgIpc) is 3.37. The number of likely N-dealkylation sites (tertiary alicyclic amines) is 1. The van der Waals surface area contributed by atoms with Gasteiger partial charge in [-0.25, -0.2) is 0 Å². The molecule has 2 bridgehead atoms. The first-order chi connectivity index (χ1) is 12.1. The standard InChI is InChI=1S/C19H25ClN2O2S/c20-17-6-5-16(25-17)18(23)21-9-13-14-10-22(12-3-1-2-4-12)11-19(14)8-7-15(13)24-19/h5-6,12-15H,1-4,7-11H2,(H,21,23)/t13-,14+,15+,19+/m0/s1. The Bertz CT molecular complexity index is 674. The summed E-state index contributed by atoms with van der Waals surface area (Å²) in [5.74, 6) is 1.04. The lowest BCUT2D eigenvalue weighted by Gasteiger charge is -2.29. The van der Waals surface area contributed by atoms with Crippen LogP contribution in [0.3, 0.4) is 0 Å². The van der Waals surface area contributed by atoms with Crippen LogP contribution in [0.1, 0.15) is 48.2 Å². The van der Waals surface area contributed by atoms with Gasteiger partial charge in [-0.3, -0.25) is 9.69 Å². The summed E-state index contributed by atoms with van der Waals surface area (Å²) in [6, 6.07) is 4.36. The third-order valence-corrected chi connectivity index (χ3v) is 8.18. The minimum absolute atomic E-state index is 0.000584. The largest absolute Gasteiger partial charge is 0.370 e. The number of hydrogen-bond acceptors (Lipinski definition) is 4. The van der Waals surface area contributed by atoms with Crippen LogP contribution in [0.2, 0.25) is 4.34 Å². The second-order valence-electron chi connectivity index (χ2n) is 8.21. The normalized spacial score (nSPS) is 37.7. The highest BCUT2D eigenvalue weighted by atomic mass is 35.5. The molecule has 0 radical (unpaired) electrons. The van der Waals surface area contributed by atoms with Crippen LogP contribution in [0.4, 0.5) is 0 Å². The molecule has 1 amide bonds. The molecule has 3 aliphatic heterocycles. The molecular weight excluding hydrogens is 356 g/mol. The van der Waals surface area contributed by atoms with E-state index >= 15 is 0 Å². The Balaban J connectivity index is 1.26. The van der Waals surface area contributed by atoms with Gasteiger partial charge in [-0.1, -0.05) is 24.4 Å². The van der Waals surface area contributed by atoms with Crippen LogP contribution >= 0.6 is 22.9 Å². The molecule has 5 rings (SSSR count). The average molecular weight is 381 g/mol. The lowest BCUT2D eigenvalue weighted by Crippen LogP contribution is -2.41. The third kappa shape index (κ3) is 2.75. The van der Waals surface area contributed by atoms with Gasteiger partial charge >= 0.3 is 0 Å². The molecule has 1 aromatic rings. The molecule has 136 valence electrons. The van der Waals surface area contributed by atoms with Gasteiger partial charge < -0.3 is 10.1 Å². The maximum atomic E-state index is 12.4. The van der Waals surface area contributed by atoms with Gasteiger partial charge in [0.15, 0.2) is 0 Å². The molecule has 1 spiro atoms. The quantitative estimate of drug-likeness (QED) is 0.868. The topological polar surface area (TPSA) is 41.6 Å². The van der Waals surface area contributed by atoms with Crippen LogP contribution in [-0.4, -0.2) is 48.2 Å². The molecule has 0 aromatic carbocycles. The van der Waals surface area contributed by atoms with Crippen molar-refractivity contribution >= 4 is 28.8 Å². The van der Waals surface area contributed by atoms with E-state index < -0.39 is 0 Å². The molecule has 1 aromatic heterocycles.